The number of hydrogen-bond acceptors (Lipinski definition) is 3. The topological polar surface area (TPSA) is 38.3 Å². The first kappa shape index (κ1) is 13.6. The SMILES string of the molecule is COC(=O)[C@H](C)NCCCc1ccc(F)cc1. The lowest BCUT2D eigenvalue weighted by atomic mass is 10.1. The average molecular weight is 239 g/mol. The van der Waals surface area contributed by atoms with Gasteiger partial charge in [-0.1, -0.05) is 12.1 Å². The van der Waals surface area contributed by atoms with Crippen LogP contribution < -0.4 is 5.32 Å². The van der Waals surface area contributed by atoms with E-state index in [0.717, 1.165) is 24.9 Å². The Morgan fingerprint density at radius 2 is 2.06 bits per heavy atom. The second-order valence-electron chi connectivity index (χ2n) is 3.93. The molecule has 0 aliphatic rings. The summed E-state index contributed by atoms with van der Waals surface area (Å²) in [4.78, 5) is 11.1. The van der Waals surface area contributed by atoms with Gasteiger partial charge < -0.3 is 10.1 Å². The third-order valence-corrected chi connectivity index (χ3v) is 2.56. The number of esters is 1. The summed E-state index contributed by atoms with van der Waals surface area (Å²) in [5, 5.41) is 3.07. The summed E-state index contributed by atoms with van der Waals surface area (Å²) in [7, 11) is 1.37. The molecule has 94 valence electrons. The van der Waals surface area contributed by atoms with Crippen molar-refractivity contribution in [3.8, 4) is 0 Å². The number of aryl methyl sites for hydroxylation is 1. The van der Waals surface area contributed by atoms with Crippen molar-refractivity contribution < 1.29 is 13.9 Å². The Morgan fingerprint density at radius 3 is 2.65 bits per heavy atom. The Morgan fingerprint density at radius 1 is 1.41 bits per heavy atom. The van der Waals surface area contributed by atoms with Crippen LogP contribution in [-0.4, -0.2) is 25.7 Å². The zero-order valence-corrected chi connectivity index (χ0v) is 10.2. The van der Waals surface area contributed by atoms with Crippen molar-refractivity contribution in [1.82, 2.24) is 5.32 Å². The lowest BCUT2D eigenvalue weighted by Crippen LogP contribution is -2.35. The molecule has 0 fully saturated rings. The number of ether oxygens (including phenoxy) is 1. The van der Waals surface area contributed by atoms with E-state index >= 15 is 0 Å². The van der Waals surface area contributed by atoms with Crippen molar-refractivity contribution in [1.29, 1.82) is 0 Å². The Balaban J connectivity index is 2.20. The molecule has 1 rings (SSSR count). The van der Waals surface area contributed by atoms with Gasteiger partial charge in [-0.15, -0.1) is 0 Å². The van der Waals surface area contributed by atoms with Crippen LogP contribution in [0.25, 0.3) is 0 Å². The molecule has 0 saturated carbocycles. The Kier molecular flexibility index (Phi) is 5.63. The zero-order valence-electron chi connectivity index (χ0n) is 10.2. The summed E-state index contributed by atoms with van der Waals surface area (Å²) >= 11 is 0. The maximum absolute atomic E-state index is 12.6. The van der Waals surface area contributed by atoms with E-state index in [0.29, 0.717) is 0 Å². The Labute approximate surface area is 101 Å². The van der Waals surface area contributed by atoms with E-state index < -0.39 is 0 Å². The quantitative estimate of drug-likeness (QED) is 0.608. The molecule has 1 aromatic carbocycles. The number of rotatable bonds is 6. The zero-order chi connectivity index (χ0) is 12.7. The molecule has 1 aromatic rings. The van der Waals surface area contributed by atoms with Crippen LogP contribution in [0.2, 0.25) is 0 Å². The Bertz CT molecular complexity index is 351. The fourth-order valence-electron chi connectivity index (χ4n) is 1.52. The minimum Gasteiger partial charge on any atom is -0.468 e. The third-order valence-electron chi connectivity index (χ3n) is 2.56. The molecule has 0 bridgehead atoms. The van der Waals surface area contributed by atoms with Crippen LogP contribution in [0.15, 0.2) is 24.3 Å². The van der Waals surface area contributed by atoms with Crippen molar-refractivity contribution in [2.45, 2.75) is 25.8 Å². The van der Waals surface area contributed by atoms with Gasteiger partial charge in [-0.3, -0.25) is 4.79 Å². The van der Waals surface area contributed by atoms with E-state index in [1.807, 2.05) is 0 Å². The highest BCUT2D eigenvalue weighted by Gasteiger charge is 2.10. The lowest BCUT2D eigenvalue weighted by Gasteiger charge is -2.11. The van der Waals surface area contributed by atoms with Crippen molar-refractivity contribution in [2.75, 3.05) is 13.7 Å². The smallest absolute Gasteiger partial charge is 0.322 e. The van der Waals surface area contributed by atoms with Crippen LogP contribution in [0.3, 0.4) is 0 Å². The Hall–Kier alpha value is -1.42. The van der Waals surface area contributed by atoms with E-state index in [2.05, 4.69) is 10.1 Å². The number of methoxy groups -OCH3 is 1. The molecular formula is C13H18FNO2. The summed E-state index contributed by atoms with van der Waals surface area (Å²) in [5.41, 5.74) is 1.10. The second kappa shape index (κ2) is 7.01. The number of carbonyl (C=O) groups excluding carboxylic acids is 1. The molecule has 0 aliphatic heterocycles. The summed E-state index contributed by atoms with van der Waals surface area (Å²) in [6.07, 6.45) is 1.76. The van der Waals surface area contributed by atoms with Gasteiger partial charge in [0.05, 0.1) is 7.11 Å². The van der Waals surface area contributed by atoms with Crippen LogP contribution in [0.1, 0.15) is 18.9 Å². The third kappa shape index (κ3) is 4.95. The van der Waals surface area contributed by atoms with Gasteiger partial charge in [0.1, 0.15) is 11.9 Å². The van der Waals surface area contributed by atoms with Gasteiger partial charge in [0.15, 0.2) is 0 Å². The van der Waals surface area contributed by atoms with Gasteiger partial charge >= 0.3 is 5.97 Å². The van der Waals surface area contributed by atoms with Crippen LogP contribution in [-0.2, 0) is 16.0 Å². The van der Waals surface area contributed by atoms with Gasteiger partial charge in [-0.25, -0.2) is 4.39 Å². The van der Waals surface area contributed by atoms with E-state index in [1.165, 1.54) is 19.2 Å². The molecular weight excluding hydrogens is 221 g/mol. The standard InChI is InChI=1S/C13H18FNO2/c1-10(13(16)17-2)15-9-3-4-11-5-7-12(14)8-6-11/h5-8,10,15H,3-4,9H2,1-2H3/t10-/m0/s1. The van der Waals surface area contributed by atoms with Crippen molar-refractivity contribution in [2.24, 2.45) is 0 Å². The summed E-state index contributed by atoms with van der Waals surface area (Å²) < 4.78 is 17.2. The molecule has 0 aromatic heterocycles. The molecule has 0 aliphatic carbocycles. The molecule has 4 heteroatoms. The maximum Gasteiger partial charge on any atom is 0.322 e. The van der Waals surface area contributed by atoms with E-state index in [9.17, 15) is 9.18 Å². The average Bonchev–Trinajstić information content (AvgIpc) is 2.35. The molecule has 0 amide bonds. The number of halogens is 1. The second-order valence-corrected chi connectivity index (χ2v) is 3.93. The fraction of sp³-hybridized carbons (Fsp3) is 0.462. The van der Waals surface area contributed by atoms with E-state index in [4.69, 9.17) is 0 Å². The highest BCUT2D eigenvalue weighted by molar-refractivity contribution is 5.74. The highest BCUT2D eigenvalue weighted by atomic mass is 19.1. The first-order chi connectivity index (χ1) is 8.13. The molecule has 0 unspecified atom stereocenters. The number of carbonyl (C=O) groups is 1. The molecule has 1 N–H and O–H groups in total. The molecule has 3 nitrogen and oxygen atoms in total. The number of benzene rings is 1. The predicted octanol–water partition coefficient (Wildman–Crippen LogP) is 1.91. The van der Waals surface area contributed by atoms with Crippen molar-refractivity contribution >= 4 is 5.97 Å². The van der Waals surface area contributed by atoms with E-state index in [1.54, 1.807) is 19.1 Å². The van der Waals surface area contributed by atoms with Gasteiger partial charge in [0.25, 0.3) is 0 Å². The van der Waals surface area contributed by atoms with Crippen LogP contribution in [0, 0.1) is 5.82 Å². The largest absolute Gasteiger partial charge is 0.468 e. The summed E-state index contributed by atoms with van der Waals surface area (Å²) in [5.74, 6) is -0.474. The van der Waals surface area contributed by atoms with Crippen molar-refractivity contribution in [3.05, 3.63) is 35.6 Å². The van der Waals surface area contributed by atoms with Crippen LogP contribution in [0.5, 0.6) is 0 Å². The molecule has 0 radical (unpaired) electrons. The van der Waals surface area contributed by atoms with E-state index in [-0.39, 0.29) is 17.8 Å². The van der Waals surface area contributed by atoms with Crippen LogP contribution >= 0.6 is 0 Å². The molecule has 0 saturated heterocycles. The van der Waals surface area contributed by atoms with Gasteiger partial charge in [0, 0.05) is 0 Å². The molecule has 1 atom stereocenters. The predicted molar refractivity (Wildman–Crippen MR) is 64.2 cm³/mol. The molecule has 0 spiro atoms. The summed E-state index contributed by atoms with van der Waals surface area (Å²) in [6.45, 7) is 2.50. The molecule has 0 heterocycles. The van der Waals surface area contributed by atoms with Gasteiger partial charge in [-0.2, -0.15) is 0 Å². The molecule has 17 heavy (non-hydrogen) atoms. The lowest BCUT2D eigenvalue weighted by molar-refractivity contribution is -0.142. The summed E-state index contributed by atoms with van der Waals surface area (Å²) in [6, 6.07) is 6.19. The normalized spacial score (nSPS) is 12.2. The minimum absolute atomic E-state index is 0.216. The monoisotopic (exact) mass is 239 g/mol. The number of nitrogens with one attached hydrogen (secondary N) is 1. The van der Waals surface area contributed by atoms with Crippen molar-refractivity contribution in [3.63, 3.8) is 0 Å². The number of hydrogen-bond donors (Lipinski definition) is 1. The minimum atomic E-state index is -0.284. The fourth-order valence-corrected chi connectivity index (χ4v) is 1.52. The van der Waals surface area contributed by atoms with Crippen LogP contribution in [0.4, 0.5) is 4.39 Å². The first-order valence-corrected chi connectivity index (χ1v) is 5.69. The van der Waals surface area contributed by atoms with Gasteiger partial charge in [0.2, 0.25) is 0 Å². The maximum atomic E-state index is 12.6. The highest BCUT2D eigenvalue weighted by Crippen LogP contribution is 2.05. The van der Waals surface area contributed by atoms with Gasteiger partial charge in [-0.05, 0) is 44.0 Å². The first-order valence-electron chi connectivity index (χ1n) is 5.69.